The minimum atomic E-state index is 0.820. The van der Waals surface area contributed by atoms with Crippen LogP contribution in [0.15, 0.2) is 30.3 Å². The molecule has 1 N–H and O–H groups in total. The van der Waals surface area contributed by atoms with Gasteiger partial charge in [-0.25, -0.2) is 4.98 Å². The molecule has 1 heterocycles. The number of para-hydroxylation sites is 1. The molecule has 3 nitrogen and oxygen atoms in total. The van der Waals surface area contributed by atoms with Gasteiger partial charge in [-0.2, -0.15) is 0 Å². The summed E-state index contributed by atoms with van der Waals surface area (Å²) in [4.78, 5) is 4.41. The second-order valence-electron chi connectivity index (χ2n) is 2.98. The van der Waals surface area contributed by atoms with Gasteiger partial charge in [-0.3, -0.25) is 0 Å². The number of hydrogen-bond donors (Lipinski definition) is 1. The predicted octanol–water partition coefficient (Wildman–Crippen LogP) is 2.29. The smallest absolute Gasteiger partial charge is 0.131 e. The number of methoxy groups -OCH3 is 1. The van der Waals surface area contributed by atoms with Gasteiger partial charge in [0.15, 0.2) is 0 Å². The Morgan fingerprint density at radius 1 is 1.29 bits per heavy atom. The first kappa shape index (κ1) is 8.81. The number of fused-ring (bicyclic) bond motifs is 1. The maximum Gasteiger partial charge on any atom is 0.131 e. The molecule has 2 rings (SSSR count). The van der Waals surface area contributed by atoms with Crippen LogP contribution in [-0.2, 0) is 0 Å². The van der Waals surface area contributed by atoms with Crippen LogP contribution in [-0.4, -0.2) is 19.1 Å². The van der Waals surface area contributed by atoms with Crippen LogP contribution in [0.3, 0.4) is 0 Å². The Balaban J connectivity index is 2.73. The summed E-state index contributed by atoms with van der Waals surface area (Å²) >= 11 is 0. The third-order valence-corrected chi connectivity index (χ3v) is 2.15. The molecule has 72 valence electrons. The number of rotatable bonds is 2. The van der Waals surface area contributed by atoms with E-state index in [1.807, 2.05) is 37.4 Å². The number of ether oxygens (including phenoxy) is 1. The summed E-state index contributed by atoms with van der Waals surface area (Å²) in [6.45, 7) is 0. The maximum absolute atomic E-state index is 5.29. The summed E-state index contributed by atoms with van der Waals surface area (Å²) < 4.78 is 5.29. The van der Waals surface area contributed by atoms with Crippen molar-refractivity contribution in [3.63, 3.8) is 0 Å². The van der Waals surface area contributed by atoms with E-state index in [0.29, 0.717) is 0 Å². The Bertz CT molecular complexity index is 454. The van der Waals surface area contributed by atoms with E-state index in [4.69, 9.17) is 4.74 Å². The van der Waals surface area contributed by atoms with Crippen molar-refractivity contribution < 1.29 is 4.74 Å². The molecule has 0 spiro atoms. The summed E-state index contributed by atoms with van der Waals surface area (Å²) in [5, 5.41) is 4.04. The number of nitrogens with zero attached hydrogens (tertiary/aromatic N) is 1. The third-order valence-electron chi connectivity index (χ3n) is 2.15. The topological polar surface area (TPSA) is 34.1 Å². The van der Waals surface area contributed by atoms with Crippen molar-refractivity contribution in [3.8, 4) is 5.75 Å². The van der Waals surface area contributed by atoms with E-state index < -0.39 is 0 Å². The molecule has 0 amide bonds. The van der Waals surface area contributed by atoms with E-state index in [1.165, 1.54) is 0 Å². The number of anilines is 1. The lowest BCUT2D eigenvalue weighted by molar-refractivity contribution is 0.419. The minimum absolute atomic E-state index is 0.820. The molecule has 0 saturated carbocycles. The molecule has 0 aliphatic rings. The molecule has 1 aromatic carbocycles. The number of nitrogens with one attached hydrogen (secondary N) is 1. The fourth-order valence-electron chi connectivity index (χ4n) is 1.44. The molecule has 0 aliphatic carbocycles. The van der Waals surface area contributed by atoms with Crippen LogP contribution in [0.2, 0.25) is 0 Å². The van der Waals surface area contributed by atoms with Gasteiger partial charge in [0.1, 0.15) is 11.6 Å². The zero-order valence-electron chi connectivity index (χ0n) is 8.24. The first-order chi connectivity index (χ1) is 6.85. The third kappa shape index (κ3) is 1.37. The Hall–Kier alpha value is -1.77. The Kier molecular flexibility index (Phi) is 2.23. The predicted molar refractivity (Wildman–Crippen MR) is 57.8 cm³/mol. The highest BCUT2D eigenvalue weighted by Gasteiger charge is 2.03. The normalized spacial score (nSPS) is 10.1. The summed E-state index contributed by atoms with van der Waals surface area (Å²) in [6.07, 6.45) is 0. The molecule has 0 unspecified atom stereocenters. The van der Waals surface area contributed by atoms with Gasteiger partial charge in [0.05, 0.1) is 12.6 Å². The van der Waals surface area contributed by atoms with Crippen molar-refractivity contribution in [3.05, 3.63) is 30.3 Å². The van der Waals surface area contributed by atoms with Gasteiger partial charge < -0.3 is 10.1 Å². The molecule has 0 radical (unpaired) electrons. The van der Waals surface area contributed by atoms with E-state index >= 15 is 0 Å². The molecule has 0 bridgehead atoms. The van der Waals surface area contributed by atoms with Gasteiger partial charge >= 0.3 is 0 Å². The minimum Gasteiger partial charge on any atom is -0.496 e. The molecule has 3 heteroatoms. The van der Waals surface area contributed by atoms with E-state index in [0.717, 1.165) is 22.5 Å². The van der Waals surface area contributed by atoms with Crippen LogP contribution in [0.1, 0.15) is 0 Å². The average molecular weight is 188 g/mol. The summed E-state index contributed by atoms with van der Waals surface area (Å²) in [5.41, 5.74) is 0.941. The van der Waals surface area contributed by atoms with E-state index in [9.17, 15) is 0 Å². The molecular formula is C11H12N2O. The largest absolute Gasteiger partial charge is 0.496 e. The molecule has 0 atom stereocenters. The Morgan fingerprint density at radius 3 is 2.79 bits per heavy atom. The molecule has 2 aromatic rings. The monoisotopic (exact) mass is 188 g/mol. The first-order valence-electron chi connectivity index (χ1n) is 4.46. The van der Waals surface area contributed by atoms with E-state index in [2.05, 4.69) is 10.3 Å². The highest BCUT2D eigenvalue weighted by atomic mass is 16.5. The Labute approximate surface area is 82.7 Å². The fourth-order valence-corrected chi connectivity index (χ4v) is 1.44. The highest BCUT2D eigenvalue weighted by molar-refractivity contribution is 5.86. The lowest BCUT2D eigenvalue weighted by Crippen LogP contribution is -1.94. The molecule has 0 aliphatic heterocycles. The van der Waals surface area contributed by atoms with Crippen molar-refractivity contribution in [1.82, 2.24) is 4.98 Å². The van der Waals surface area contributed by atoms with Gasteiger partial charge in [0.2, 0.25) is 0 Å². The summed E-state index contributed by atoms with van der Waals surface area (Å²) in [5.74, 6) is 1.67. The number of aromatic nitrogens is 1. The maximum atomic E-state index is 5.29. The van der Waals surface area contributed by atoms with Gasteiger partial charge in [0, 0.05) is 18.5 Å². The SMILES string of the molecule is CNc1cc(OC)c2ccccc2n1. The zero-order valence-corrected chi connectivity index (χ0v) is 8.24. The second-order valence-corrected chi connectivity index (χ2v) is 2.98. The van der Waals surface area contributed by atoms with Gasteiger partial charge in [0.25, 0.3) is 0 Å². The lowest BCUT2D eigenvalue weighted by atomic mass is 10.2. The number of hydrogen-bond acceptors (Lipinski definition) is 3. The van der Waals surface area contributed by atoms with E-state index in [-0.39, 0.29) is 0 Å². The van der Waals surface area contributed by atoms with Crippen molar-refractivity contribution in [2.24, 2.45) is 0 Å². The fraction of sp³-hybridized carbons (Fsp3) is 0.182. The average Bonchev–Trinajstić information content (AvgIpc) is 2.27. The molecular weight excluding hydrogens is 176 g/mol. The van der Waals surface area contributed by atoms with Crippen molar-refractivity contribution in [2.45, 2.75) is 0 Å². The van der Waals surface area contributed by atoms with Crippen LogP contribution in [0.5, 0.6) is 5.75 Å². The van der Waals surface area contributed by atoms with Crippen LogP contribution in [0.25, 0.3) is 10.9 Å². The van der Waals surface area contributed by atoms with Crippen LogP contribution < -0.4 is 10.1 Å². The summed E-state index contributed by atoms with van der Waals surface area (Å²) in [6, 6.07) is 9.81. The zero-order chi connectivity index (χ0) is 9.97. The number of pyridine rings is 1. The van der Waals surface area contributed by atoms with Crippen molar-refractivity contribution >= 4 is 16.7 Å². The quantitative estimate of drug-likeness (QED) is 0.785. The van der Waals surface area contributed by atoms with Gasteiger partial charge in [-0.1, -0.05) is 12.1 Å². The molecule has 14 heavy (non-hydrogen) atoms. The second kappa shape index (κ2) is 3.54. The molecule has 0 saturated heterocycles. The van der Waals surface area contributed by atoms with Crippen LogP contribution in [0.4, 0.5) is 5.82 Å². The highest BCUT2D eigenvalue weighted by Crippen LogP contribution is 2.26. The molecule has 0 fully saturated rings. The van der Waals surface area contributed by atoms with E-state index in [1.54, 1.807) is 7.11 Å². The number of benzene rings is 1. The van der Waals surface area contributed by atoms with Crippen molar-refractivity contribution in [2.75, 3.05) is 19.5 Å². The van der Waals surface area contributed by atoms with Crippen LogP contribution in [0, 0.1) is 0 Å². The van der Waals surface area contributed by atoms with Gasteiger partial charge in [-0.05, 0) is 12.1 Å². The van der Waals surface area contributed by atoms with Crippen molar-refractivity contribution in [1.29, 1.82) is 0 Å². The lowest BCUT2D eigenvalue weighted by Gasteiger charge is -2.07. The first-order valence-corrected chi connectivity index (χ1v) is 4.46. The van der Waals surface area contributed by atoms with Crippen LogP contribution >= 0.6 is 0 Å². The summed E-state index contributed by atoms with van der Waals surface area (Å²) in [7, 11) is 3.51. The van der Waals surface area contributed by atoms with Gasteiger partial charge in [-0.15, -0.1) is 0 Å². The molecule has 1 aromatic heterocycles. The standard InChI is InChI=1S/C11H12N2O/c1-12-11-7-10(14-2)8-5-3-4-6-9(8)13-11/h3-7H,1-2H3,(H,12,13). The Morgan fingerprint density at radius 2 is 2.07 bits per heavy atom.